The van der Waals surface area contributed by atoms with Gasteiger partial charge in [-0.2, -0.15) is 0 Å². The minimum absolute atomic E-state index is 0.246. The Labute approximate surface area is 125 Å². The molecule has 0 atom stereocenters. The molecule has 0 radical (unpaired) electrons. The second kappa shape index (κ2) is 7.15. The summed E-state index contributed by atoms with van der Waals surface area (Å²) in [4.78, 5) is 0. The molecule has 0 unspecified atom stereocenters. The topological polar surface area (TPSA) is 58.9 Å². The van der Waals surface area contributed by atoms with Gasteiger partial charge in [-0.25, -0.2) is 0 Å². The van der Waals surface area contributed by atoms with Crippen LogP contribution in [-0.4, -0.2) is 24.3 Å². The van der Waals surface area contributed by atoms with Gasteiger partial charge in [0.1, 0.15) is 6.61 Å². The van der Waals surface area contributed by atoms with Crippen LogP contribution < -0.4 is 14.9 Å². The average molecular weight is 286 g/mol. The van der Waals surface area contributed by atoms with E-state index in [1.54, 1.807) is 19.2 Å². The molecule has 0 saturated heterocycles. The van der Waals surface area contributed by atoms with Crippen molar-refractivity contribution in [3.8, 4) is 11.5 Å². The molecule has 110 valence electrons. The molecule has 0 aliphatic carbocycles. The highest BCUT2D eigenvalue weighted by molar-refractivity contribution is 6.59. The van der Waals surface area contributed by atoms with E-state index in [0.717, 1.165) is 12.0 Å². The first-order chi connectivity index (χ1) is 10.2. The van der Waals surface area contributed by atoms with E-state index in [4.69, 9.17) is 9.47 Å². The maximum Gasteiger partial charge on any atom is 0.488 e. The number of aryl methyl sites for hydroxylation is 1. The van der Waals surface area contributed by atoms with Crippen molar-refractivity contribution in [3.63, 3.8) is 0 Å². The molecule has 21 heavy (non-hydrogen) atoms. The molecular formula is C16H19BO4. The highest BCUT2D eigenvalue weighted by Crippen LogP contribution is 2.28. The normalized spacial score (nSPS) is 10.3. The van der Waals surface area contributed by atoms with Crippen molar-refractivity contribution in [2.75, 3.05) is 7.11 Å². The molecule has 2 rings (SSSR count). The molecule has 0 aliphatic rings. The molecule has 2 aromatic carbocycles. The van der Waals surface area contributed by atoms with Crippen molar-refractivity contribution >= 4 is 12.6 Å². The number of ether oxygens (including phenoxy) is 2. The number of benzene rings is 2. The maximum atomic E-state index is 9.35. The molecular weight excluding hydrogens is 267 g/mol. The fourth-order valence-corrected chi connectivity index (χ4v) is 2.12. The van der Waals surface area contributed by atoms with Gasteiger partial charge < -0.3 is 19.5 Å². The lowest BCUT2D eigenvalue weighted by Gasteiger charge is -2.13. The zero-order chi connectivity index (χ0) is 15.2. The van der Waals surface area contributed by atoms with Gasteiger partial charge in [0.05, 0.1) is 7.11 Å². The van der Waals surface area contributed by atoms with Gasteiger partial charge in [0.15, 0.2) is 11.5 Å². The first-order valence-corrected chi connectivity index (χ1v) is 6.89. The number of hydrogen-bond donors (Lipinski definition) is 2. The zero-order valence-corrected chi connectivity index (χ0v) is 12.2. The van der Waals surface area contributed by atoms with Gasteiger partial charge in [-0.05, 0) is 35.1 Å². The summed E-state index contributed by atoms with van der Waals surface area (Å²) in [7, 11) is 0.0988. The van der Waals surface area contributed by atoms with Gasteiger partial charge in [-0.3, -0.25) is 0 Å². The maximum absolute atomic E-state index is 9.35. The van der Waals surface area contributed by atoms with Crippen LogP contribution in [0.25, 0.3) is 0 Å². The van der Waals surface area contributed by atoms with Crippen LogP contribution in [0.2, 0.25) is 0 Å². The second-order valence-corrected chi connectivity index (χ2v) is 4.70. The fraction of sp³-hybridized carbons (Fsp3) is 0.250. The van der Waals surface area contributed by atoms with E-state index in [9.17, 15) is 10.0 Å². The molecule has 0 saturated carbocycles. The Kier molecular flexibility index (Phi) is 5.25. The highest BCUT2D eigenvalue weighted by atomic mass is 16.5. The van der Waals surface area contributed by atoms with Crippen LogP contribution >= 0.6 is 0 Å². The predicted octanol–water partition coefficient (Wildman–Crippen LogP) is 1.52. The zero-order valence-electron chi connectivity index (χ0n) is 12.2. The molecule has 0 amide bonds. The van der Waals surface area contributed by atoms with E-state index >= 15 is 0 Å². The Morgan fingerprint density at radius 2 is 1.81 bits per heavy atom. The lowest BCUT2D eigenvalue weighted by atomic mass is 9.77. The molecule has 2 N–H and O–H groups in total. The van der Waals surface area contributed by atoms with Crippen LogP contribution in [0, 0.1) is 0 Å². The minimum Gasteiger partial charge on any atom is -0.493 e. The first-order valence-electron chi connectivity index (χ1n) is 6.89. The van der Waals surface area contributed by atoms with Gasteiger partial charge >= 0.3 is 7.12 Å². The average Bonchev–Trinajstić information content (AvgIpc) is 2.52. The van der Waals surface area contributed by atoms with Gasteiger partial charge in [0, 0.05) is 0 Å². The Morgan fingerprint density at radius 1 is 1.05 bits per heavy atom. The van der Waals surface area contributed by atoms with Crippen molar-refractivity contribution in [3.05, 3.63) is 53.6 Å². The number of methoxy groups -OCH3 is 1. The summed E-state index contributed by atoms with van der Waals surface area (Å²) in [6.07, 6.45) is 0.927. The van der Waals surface area contributed by atoms with Gasteiger partial charge in [-0.15, -0.1) is 0 Å². The molecule has 0 fully saturated rings. The van der Waals surface area contributed by atoms with Crippen molar-refractivity contribution in [1.82, 2.24) is 0 Å². The smallest absolute Gasteiger partial charge is 0.488 e. The summed E-state index contributed by atoms with van der Waals surface area (Å²) in [5.74, 6) is 1.31. The van der Waals surface area contributed by atoms with Gasteiger partial charge in [0.2, 0.25) is 0 Å². The summed E-state index contributed by atoms with van der Waals surface area (Å²) < 4.78 is 11.1. The van der Waals surface area contributed by atoms with E-state index in [2.05, 4.69) is 6.92 Å². The lowest BCUT2D eigenvalue weighted by molar-refractivity contribution is 0.284. The molecule has 4 nitrogen and oxygen atoms in total. The van der Waals surface area contributed by atoms with E-state index in [1.807, 2.05) is 30.3 Å². The Hall–Kier alpha value is -1.98. The van der Waals surface area contributed by atoms with Crippen LogP contribution in [0.4, 0.5) is 0 Å². The largest absolute Gasteiger partial charge is 0.493 e. The summed E-state index contributed by atoms with van der Waals surface area (Å²) in [5.41, 5.74) is 2.35. The van der Waals surface area contributed by atoms with Crippen LogP contribution in [-0.2, 0) is 13.0 Å². The third-order valence-electron chi connectivity index (χ3n) is 3.35. The molecule has 0 aliphatic heterocycles. The second-order valence-electron chi connectivity index (χ2n) is 4.70. The van der Waals surface area contributed by atoms with E-state index in [-0.39, 0.29) is 6.61 Å². The highest BCUT2D eigenvalue weighted by Gasteiger charge is 2.16. The number of rotatable bonds is 6. The van der Waals surface area contributed by atoms with E-state index in [0.29, 0.717) is 17.0 Å². The summed E-state index contributed by atoms with van der Waals surface area (Å²) >= 11 is 0. The van der Waals surface area contributed by atoms with Crippen molar-refractivity contribution in [2.45, 2.75) is 20.0 Å². The third kappa shape index (κ3) is 3.77. The monoisotopic (exact) mass is 286 g/mol. The lowest BCUT2D eigenvalue weighted by Crippen LogP contribution is -2.33. The SMILES string of the molecule is CCc1ccc(OCc2ccccc2B(O)O)c(OC)c1. The van der Waals surface area contributed by atoms with Crippen molar-refractivity contribution in [2.24, 2.45) is 0 Å². The van der Waals surface area contributed by atoms with Crippen LogP contribution in [0.1, 0.15) is 18.1 Å². The molecule has 0 bridgehead atoms. The van der Waals surface area contributed by atoms with Crippen LogP contribution in [0.5, 0.6) is 11.5 Å². The van der Waals surface area contributed by atoms with E-state index in [1.165, 1.54) is 5.56 Å². The van der Waals surface area contributed by atoms with Crippen LogP contribution in [0.15, 0.2) is 42.5 Å². The third-order valence-corrected chi connectivity index (χ3v) is 3.35. The summed E-state index contributed by atoms with van der Waals surface area (Å²) in [6.45, 7) is 2.32. The molecule has 0 aromatic heterocycles. The Balaban J connectivity index is 2.17. The fourth-order valence-electron chi connectivity index (χ4n) is 2.12. The van der Waals surface area contributed by atoms with Gasteiger partial charge in [-0.1, -0.05) is 37.3 Å². The molecule has 0 heterocycles. The first kappa shape index (κ1) is 15.4. The Bertz CT molecular complexity index is 599. The number of hydrogen-bond acceptors (Lipinski definition) is 4. The van der Waals surface area contributed by atoms with Crippen LogP contribution in [0.3, 0.4) is 0 Å². The van der Waals surface area contributed by atoms with Gasteiger partial charge in [0.25, 0.3) is 0 Å². The Morgan fingerprint density at radius 3 is 2.48 bits per heavy atom. The minimum atomic E-state index is -1.51. The summed E-state index contributed by atoms with van der Waals surface area (Å²) in [5, 5.41) is 18.7. The van der Waals surface area contributed by atoms with Crippen molar-refractivity contribution in [1.29, 1.82) is 0 Å². The summed E-state index contributed by atoms with van der Waals surface area (Å²) in [6, 6.07) is 12.9. The standard InChI is InChI=1S/C16H19BO4/c1-3-12-8-9-15(16(10-12)20-2)21-11-13-6-4-5-7-14(13)17(18)19/h4-10,18-19H,3,11H2,1-2H3. The molecule has 0 spiro atoms. The molecule has 2 aromatic rings. The predicted molar refractivity (Wildman–Crippen MR) is 83.0 cm³/mol. The molecule has 5 heteroatoms. The van der Waals surface area contributed by atoms with E-state index < -0.39 is 7.12 Å². The van der Waals surface area contributed by atoms with Crippen molar-refractivity contribution < 1.29 is 19.5 Å². The quantitative estimate of drug-likeness (QED) is 0.790.